The fourth-order valence-electron chi connectivity index (χ4n) is 3.23. The Hall–Kier alpha value is -3.22. The van der Waals surface area contributed by atoms with Crippen molar-refractivity contribution in [1.82, 2.24) is 9.66 Å². The molecule has 0 aliphatic heterocycles. The van der Waals surface area contributed by atoms with Gasteiger partial charge in [0, 0.05) is 14.9 Å². The van der Waals surface area contributed by atoms with Gasteiger partial charge in [-0.05, 0) is 54.1 Å². The molecule has 0 saturated carbocycles. The largest absolute Gasteiger partial charge is 0.453 e. The van der Waals surface area contributed by atoms with E-state index in [1.54, 1.807) is 36.5 Å². The van der Waals surface area contributed by atoms with E-state index in [4.69, 9.17) is 16.0 Å². The molecule has 7 heteroatoms. The Balaban J connectivity index is 1.75. The molecule has 0 bridgehead atoms. The van der Waals surface area contributed by atoms with Gasteiger partial charge < -0.3 is 4.42 Å². The molecule has 0 aliphatic carbocycles. The summed E-state index contributed by atoms with van der Waals surface area (Å²) in [6.45, 7) is 0. The molecule has 0 spiro atoms. The normalized spacial score (nSPS) is 11.7. The van der Waals surface area contributed by atoms with Gasteiger partial charge in [0.2, 0.25) is 5.82 Å². The fraction of sp³-hybridized carbons (Fsp3) is 0. The lowest BCUT2D eigenvalue weighted by Gasteiger charge is -2.07. The summed E-state index contributed by atoms with van der Waals surface area (Å²) in [5.74, 6) is 0.776. The summed E-state index contributed by atoms with van der Waals surface area (Å²) in [7, 11) is 0. The maximum Gasteiger partial charge on any atom is 0.282 e. The summed E-state index contributed by atoms with van der Waals surface area (Å²) in [4.78, 5) is 17.9. The van der Waals surface area contributed by atoms with Crippen molar-refractivity contribution >= 4 is 55.6 Å². The third-order valence-corrected chi connectivity index (χ3v) is 5.35. The van der Waals surface area contributed by atoms with Crippen LogP contribution in [0.3, 0.4) is 0 Å². The van der Waals surface area contributed by atoms with Crippen molar-refractivity contribution in [3.63, 3.8) is 0 Å². The fourth-order valence-corrected chi connectivity index (χ4v) is 3.80. The second-order valence-corrected chi connectivity index (χ2v) is 8.01. The molecule has 2 heterocycles. The Kier molecular flexibility index (Phi) is 4.73. The minimum Gasteiger partial charge on any atom is -0.453 e. The lowest BCUT2D eigenvalue weighted by Crippen LogP contribution is -2.20. The van der Waals surface area contributed by atoms with E-state index in [9.17, 15) is 4.79 Å². The molecular formula is C23H13BrClN3O2. The van der Waals surface area contributed by atoms with Gasteiger partial charge in [-0.15, -0.1) is 0 Å². The maximum absolute atomic E-state index is 13.2. The van der Waals surface area contributed by atoms with Crippen LogP contribution < -0.4 is 5.56 Å². The number of aromatic nitrogens is 2. The van der Waals surface area contributed by atoms with Crippen molar-refractivity contribution in [2.24, 2.45) is 5.10 Å². The molecule has 0 saturated heterocycles. The number of halogens is 2. The Morgan fingerprint density at radius 1 is 1.03 bits per heavy atom. The molecule has 2 aromatic heterocycles. The first-order chi connectivity index (χ1) is 14.6. The zero-order valence-electron chi connectivity index (χ0n) is 15.4. The first-order valence-electron chi connectivity index (χ1n) is 9.10. The summed E-state index contributed by atoms with van der Waals surface area (Å²) in [5, 5.41) is 6.38. The molecule has 0 unspecified atom stereocenters. The van der Waals surface area contributed by atoms with Crippen LogP contribution in [0.15, 0.2) is 91.6 Å². The van der Waals surface area contributed by atoms with Crippen molar-refractivity contribution in [2.75, 3.05) is 0 Å². The Morgan fingerprint density at radius 2 is 1.90 bits per heavy atom. The summed E-state index contributed by atoms with van der Waals surface area (Å²) >= 11 is 9.53. The molecule has 0 aliphatic rings. The second kappa shape index (κ2) is 7.55. The predicted octanol–water partition coefficient (Wildman–Crippen LogP) is 6.11. The van der Waals surface area contributed by atoms with Crippen molar-refractivity contribution in [3.8, 4) is 11.6 Å². The van der Waals surface area contributed by atoms with Gasteiger partial charge in [-0.25, -0.2) is 4.98 Å². The van der Waals surface area contributed by atoms with Gasteiger partial charge in [-0.2, -0.15) is 9.78 Å². The van der Waals surface area contributed by atoms with Gasteiger partial charge in [0.15, 0.2) is 5.76 Å². The third-order valence-electron chi connectivity index (χ3n) is 4.62. The maximum atomic E-state index is 13.2. The molecule has 0 radical (unpaired) electrons. The van der Waals surface area contributed by atoms with Crippen LogP contribution in [0.2, 0.25) is 5.02 Å². The Morgan fingerprint density at radius 3 is 2.77 bits per heavy atom. The molecule has 5 rings (SSSR count). The number of hydrogen-bond acceptors (Lipinski definition) is 4. The van der Waals surface area contributed by atoms with Crippen LogP contribution in [-0.4, -0.2) is 15.9 Å². The van der Waals surface area contributed by atoms with Gasteiger partial charge >= 0.3 is 0 Å². The Bertz CT molecular complexity index is 1500. The van der Waals surface area contributed by atoms with Crippen LogP contribution in [0.5, 0.6) is 0 Å². The molecule has 0 amide bonds. The number of rotatable bonds is 3. The third kappa shape index (κ3) is 3.44. The second-order valence-electron chi connectivity index (χ2n) is 6.66. The van der Waals surface area contributed by atoms with E-state index in [1.807, 2.05) is 42.5 Å². The average Bonchev–Trinajstić information content (AvgIpc) is 3.16. The summed E-state index contributed by atoms with van der Waals surface area (Å²) in [6, 6.07) is 21.9. The highest BCUT2D eigenvalue weighted by Gasteiger charge is 2.16. The van der Waals surface area contributed by atoms with E-state index in [0.717, 1.165) is 15.4 Å². The molecular weight excluding hydrogens is 466 g/mol. The van der Waals surface area contributed by atoms with Crippen molar-refractivity contribution in [3.05, 3.63) is 98.2 Å². The molecule has 0 fully saturated rings. The van der Waals surface area contributed by atoms with Crippen molar-refractivity contribution < 1.29 is 4.42 Å². The highest BCUT2D eigenvalue weighted by molar-refractivity contribution is 9.10. The lowest BCUT2D eigenvalue weighted by atomic mass is 10.2. The van der Waals surface area contributed by atoms with Gasteiger partial charge in [-0.1, -0.05) is 51.8 Å². The van der Waals surface area contributed by atoms with Crippen molar-refractivity contribution in [1.29, 1.82) is 0 Å². The monoisotopic (exact) mass is 477 g/mol. The molecule has 5 nitrogen and oxygen atoms in total. The molecule has 0 N–H and O–H groups in total. The standard InChI is InChI=1S/C23H13BrClN3O2/c24-16-8-9-20-15(11-16)12-21(30-20)22-27-19-7-2-1-6-18(19)23(29)28(22)26-13-14-4-3-5-17(25)10-14/h1-13H. The average molecular weight is 479 g/mol. The molecule has 3 aromatic carbocycles. The number of nitrogens with zero attached hydrogens (tertiary/aromatic N) is 3. The molecule has 0 atom stereocenters. The number of furan rings is 1. The van der Waals surface area contributed by atoms with E-state index in [0.29, 0.717) is 33.1 Å². The molecule has 30 heavy (non-hydrogen) atoms. The van der Waals surface area contributed by atoms with Crippen LogP contribution in [0.4, 0.5) is 0 Å². The number of benzene rings is 3. The number of para-hydroxylation sites is 1. The van der Waals surface area contributed by atoms with Gasteiger partial charge in [0.05, 0.1) is 17.1 Å². The highest BCUT2D eigenvalue weighted by Crippen LogP contribution is 2.29. The van der Waals surface area contributed by atoms with E-state index in [2.05, 4.69) is 26.0 Å². The minimum atomic E-state index is -0.282. The first kappa shape index (κ1) is 18.8. The summed E-state index contributed by atoms with van der Waals surface area (Å²) in [6.07, 6.45) is 1.58. The Labute approximate surface area is 184 Å². The van der Waals surface area contributed by atoms with E-state index >= 15 is 0 Å². The van der Waals surface area contributed by atoms with E-state index in [1.165, 1.54) is 4.68 Å². The molecule has 5 aromatic rings. The van der Waals surface area contributed by atoms with Crippen LogP contribution in [0.1, 0.15) is 5.56 Å². The van der Waals surface area contributed by atoms with Crippen molar-refractivity contribution in [2.45, 2.75) is 0 Å². The van der Waals surface area contributed by atoms with E-state index < -0.39 is 0 Å². The molecule has 146 valence electrons. The predicted molar refractivity (Wildman–Crippen MR) is 123 cm³/mol. The zero-order chi connectivity index (χ0) is 20.7. The van der Waals surface area contributed by atoms with Gasteiger partial charge in [0.1, 0.15) is 5.58 Å². The quantitative estimate of drug-likeness (QED) is 0.294. The number of hydrogen-bond donors (Lipinski definition) is 0. The highest BCUT2D eigenvalue weighted by atomic mass is 79.9. The number of fused-ring (bicyclic) bond motifs is 2. The van der Waals surface area contributed by atoms with Crippen LogP contribution in [0, 0.1) is 0 Å². The topological polar surface area (TPSA) is 60.4 Å². The van der Waals surface area contributed by atoms with Gasteiger partial charge in [-0.3, -0.25) is 4.79 Å². The lowest BCUT2D eigenvalue weighted by molar-refractivity contribution is 0.616. The summed E-state index contributed by atoms with van der Waals surface area (Å²) in [5.41, 5.74) is 1.76. The minimum absolute atomic E-state index is 0.282. The SMILES string of the molecule is O=c1c2ccccc2nc(-c2cc3cc(Br)ccc3o2)n1N=Cc1cccc(Cl)c1. The first-order valence-corrected chi connectivity index (χ1v) is 10.3. The van der Waals surface area contributed by atoms with Gasteiger partial charge in [0.25, 0.3) is 5.56 Å². The van der Waals surface area contributed by atoms with Crippen LogP contribution >= 0.6 is 27.5 Å². The van der Waals surface area contributed by atoms with Crippen LogP contribution in [-0.2, 0) is 0 Å². The summed E-state index contributed by atoms with van der Waals surface area (Å²) < 4.78 is 8.18. The van der Waals surface area contributed by atoms with E-state index in [-0.39, 0.29) is 5.56 Å². The zero-order valence-corrected chi connectivity index (χ0v) is 17.8. The van der Waals surface area contributed by atoms with Crippen LogP contribution in [0.25, 0.3) is 33.5 Å². The smallest absolute Gasteiger partial charge is 0.282 e.